The number of anilines is 3. The van der Waals surface area contributed by atoms with Crippen LogP contribution in [0.4, 0.5) is 17.8 Å². The van der Waals surface area contributed by atoms with E-state index in [1.54, 1.807) is 7.05 Å². The molecule has 1 aliphatic heterocycles. The van der Waals surface area contributed by atoms with Crippen LogP contribution in [-0.2, 0) is 4.74 Å². The Morgan fingerprint density at radius 1 is 1.20 bits per heavy atom. The molecule has 8 nitrogen and oxygen atoms in total. The average Bonchev–Trinajstić information content (AvgIpc) is 2.47. The molecule has 0 atom stereocenters. The van der Waals surface area contributed by atoms with Crippen LogP contribution >= 0.6 is 0 Å². The monoisotopic (exact) mass is 282 g/mol. The van der Waals surface area contributed by atoms with Gasteiger partial charge in [-0.25, -0.2) is 0 Å². The third-order valence-electron chi connectivity index (χ3n) is 2.99. The van der Waals surface area contributed by atoms with Gasteiger partial charge in [0.1, 0.15) is 0 Å². The first-order chi connectivity index (χ1) is 9.54. The molecule has 1 aromatic rings. The topological polar surface area (TPSA) is 95.4 Å². The third-order valence-corrected chi connectivity index (χ3v) is 2.99. The Morgan fingerprint density at radius 3 is 2.45 bits per heavy atom. The standard InChI is InChI=1S/C12H22N6O2/c1-12(2,8-19)17-10-14-9(13-3)15-11(16-10)18-4-6-20-7-5-18/h19H,4-8H2,1-3H3,(H2,13,14,15,16,17). The molecule has 1 aliphatic rings. The highest BCUT2D eigenvalue weighted by atomic mass is 16.5. The summed E-state index contributed by atoms with van der Waals surface area (Å²) < 4.78 is 5.33. The highest BCUT2D eigenvalue weighted by Gasteiger charge is 2.20. The first-order valence-corrected chi connectivity index (χ1v) is 6.69. The van der Waals surface area contributed by atoms with Crippen molar-refractivity contribution in [2.24, 2.45) is 0 Å². The molecule has 0 aliphatic carbocycles. The third kappa shape index (κ3) is 3.67. The highest BCUT2D eigenvalue weighted by Crippen LogP contribution is 2.17. The van der Waals surface area contributed by atoms with Gasteiger partial charge in [-0.05, 0) is 13.8 Å². The van der Waals surface area contributed by atoms with Gasteiger partial charge in [-0.3, -0.25) is 0 Å². The molecule has 112 valence electrons. The summed E-state index contributed by atoms with van der Waals surface area (Å²) in [4.78, 5) is 15.1. The van der Waals surface area contributed by atoms with E-state index in [-0.39, 0.29) is 6.61 Å². The Kier molecular flexibility index (Phi) is 4.56. The summed E-state index contributed by atoms with van der Waals surface area (Å²) >= 11 is 0. The molecule has 0 bridgehead atoms. The van der Waals surface area contributed by atoms with E-state index in [4.69, 9.17) is 4.74 Å². The summed E-state index contributed by atoms with van der Waals surface area (Å²) in [7, 11) is 1.76. The van der Waals surface area contributed by atoms with Crippen molar-refractivity contribution in [2.75, 3.05) is 55.5 Å². The number of aliphatic hydroxyl groups excluding tert-OH is 1. The first-order valence-electron chi connectivity index (χ1n) is 6.69. The van der Waals surface area contributed by atoms with Gasteiger partial charge < -0.3 is 25.4 Å². The predicted molar refractivity (Wildman–Crippen MR) is 77.2 cm³/mol. The minimum Gasteiger partial charge on any atom is -0.394 e. The SMILES string of the molecule is CNc1nc(NC(C)(C)CO)nc(N2CCOCC2)n1. The lowest BCUT2D eigenvalue weighted by atomic mass is 10.1. The Labute approximate surface area is 118 Å². The molecule has 0 saturated carbocycles. The van der Waals surface area contributed by atoms with Gasteiger partial charge in [-0.2, -0.15) is 15.0 Å². The second-order valence-corrected chi connectivity index (χ2v) is 5.30. The van der Waals surface area contributed by atoms with Crippen LogP contribution in [0, 0.1) is 0 Å². The molecule has 2 heterocycles. The van der Waals surface area contributed by atoms with Crippen LogP contribution in [0.5, 0.6) is 0 Å². The Bertz CT molecular complexity index is 448. The minimum absolute atomic E-state index is 0.0134. The molecule has 2 rings (SSSR count). The zero-order valence-electron chi connectivity index (χ0n) is 12.2. The molecule has 1 fully saturated rings. The van der Waals surface area contributed by atoms with Gasteiger partial charge in [0.15, 0.2) is 0 Å². The summed E-state index contributed by atoms with van der Waals surface area (Å²) in [5.74, 6) is 1.56. The van der Waals surface area contributed by atoms with Crippen molar-refractivity contribution in [3.63, 3.8) is 0 Å². The second-order valence-electron chi connectivity index (χ2n) is 5.30. The zero-order valence-corrected chi connectivity index (χ0v) is 12.2. The Hall–Kier alpha value is -1.67. The first kappa shape index (κ1) is 14.7. The van der Waals surface area contributed by atoms with Gasteiger partial charge in [0.2, 0.25) is 17.8 Å². The van der Waals surface area contributed by atoms with Crippen molar-refractivity contribution in [2.45, 2.75) is 19.4 Å². The molecule has 0 amide bonds. The molecule has 0 unspecified atom stereocenters. The number of nitrogens with one attached hydrogen (secondary N) is 2. The molecule has 20 heavy (non-hydrogen) atoms. The minimum atomic E-state index is -0.491. The van der Waals surface area contributed by atoms with Crippen molar-refractivity contribution in [1.29, 1.82) is 0 Å². The normalized spacial score (nSPS) is 16.1. The molecule has 0 aromatic carbocycles. The van der Waals surface area contributed by atoms with E-state index in [2.05, 4.69) is 30.5 Å². The lowest BCUT2D eigenvalue weighted by molar-refractivity contribution is 0.122. The maximum Gasteiger partial charge on any atom is 0.232 e. The maximum atomic E-state index is 9.32. The summed E-state index contributed by atoms with van der Waals surface area (Å²) in [6.07, 6.45) is 0. The maximum absolute atomic E-state index is 9.32. The lowest BCUT2D eigenvalue weighted by Crippen LogP contribution is -2.39. The summed E-state index contributed by atoms with van der Waals surface area (Å²) in [6, 6.07) is 0. The smallest absolute Gasteiger partial charge is 0.232 e. The molecule has 3 N–H and O–H groups in total. The van der Waals surface area contributed by atoms with Gasteiger partial charge >= 0.3 is 0 Å². The summed E-state index contributed by atoms with van der Waals surface area (Å²) in [5, 5.41) is 15.4. The van der Waals surface area contributed by atoms with E-state index < -0.39 is 5.54 Å². The van der Waals surface area contributed by atoms with E-state index in [0.717, 1.165) is 13.1 Å². The van der Waals surface area contributed by atoms with Crippen molar-refractivity contribution in [3.8, 4) is 0 Å². The molecule has 0 spiro atoms. The number of nitrogens with zero attached hydrogens (tertiary/aromatic N) is 4. The zero-order chi connectivity index (χ0) is 14.6. The fourth-order valence-electron chi connectivity index (χ4n) is 1.78. The predicted octanol–water partition coefficient (Wildman–Crippen LogP) is -0.0673. The van der Waals surface area contributed by atoms with Crippen LogP contribution in [0.2, 0.25) is 0 Å². The number of hydrogen-bond acceptors (Lipinski definition) is 8. The van der Waals surface area contributed by atoms with Crippen molar-refractivity contribution < 1.29 is 9.84 Å². The van der Waals surface area contributed by atoms with Crippen LogP contribution in [0.3, 0.4) is 0 Å². The van der Waals surface area contributed by atoms with Crippen LogP contribution in [0.1, 0.15) is 13.8 Å². The van der Waals surface area contributed by atoms with Gasteiger partial charge in [0.05, 0.1) is 25.4 Å². The van der Waals surface area contributed by atoms with Crippen LogP contribution < -0.4 is 15.5 Å². The fourth-order valence-corrected chi connectivity index (χ4v) is 1.78. The largest absolute Gasteiger partial charge is 0.394 e. The van der Waals surface area contributed by atoms with Gasteiger partial charge in [0, 0.05) is 20.1 Å². The van der Waals surface area contributed by atoms with Crippen LogP contribution in [0.25, 0.3) is 0 Å². The van der Waals surface area contributed by atoms with Crippen LogP contribution in [0.15, 0.2) is 0 Å². The van der Waals surface area contributed by atoms with E-state index >= 15 is 0 Å². The number of hydrogen-bond donors (Lipinski definition) is 3. The molecular formula is C12H22N6O2. The molecule has 1 saturated heterocycles. The molecular weight excluding hydrogens is 260 g/mol. The van der Waals surface area contributed by atoms with E-state index in [1.807, 2.05) is 13.8 Å². The van der Waals surface area contributed by atoms with Gasteiger partial charge in [-0.15, -0.1) is 0 Å². The quantitative estimate of drug-likeness (QED) is 0.691. The van der Waals surface area contributed by atoms with Crippen molar-refractivity contribution in [1.82, 2.24) is 15.0 Å². The van der Waals surface area contributed by atoms with E-state index in [1.165, 1.54) is 0 Å². The number of rotatable bonds is 5. The van der Waals surface area contributed by atoms with Crippen LogP contribution in [-0.4, -0.2) is 65.6 Å². The molecule has 0 radical (unpaired) electrons. The number of ether oxygens (including phenoxy) is 1. The lowest BCUT2D eigenvalue weighted by Gasteiger charge is -2.28. The number of morpholine rings is 1. The summed E-state index contributed by atoms with van der Waals surface area (Å²) in [6.45, 7) is 6.61. The highest BCUT2D eigenvalue weighted by molar-refractivity contribution is 5.44. The Morgan fingerprint density at radius 2 is 1.85 bits per heavy atom. The van der Waals surface area contributed by atoms with Crippen molar-refractivity contribution in [3.05, 3.63) is 0 Å². The average molecular weight is 282 g/mol. The number of aromatic nitrogens is 3. The molecule has 1 aromatic heterocycles. The molecule has 8 heteroatoms. The fraction of sp³-hybridized carbons (Fsp3) is 0.750. The van der Waals surface area contributed by atoms with E-state index in [9.17, 15) is 5.11 Å². The van der Waals surface area contributed by atoms with Gasteiger partial charge in [-0.1, -0.05) is 0 Å². The summed E-state index contributed by atoms with van der Waals surface area (Å²) in [5.41, 5.74) is -0.491. The number of aliphatic hydroxyl groups is 1. The van der Waals surface area contributed by atoms with Crippen molar-refractivity contribution >= 4 is 17.8 Å². The Balaban J connectivity index is 2.23. The van der Waals surface area contributed by atoms with E-state index in [0.29, 0.717) is 31.1 Å². The van der Waals surface area contributed by atoms with Gasteiger partial charge in [0.25, 0.3) is 0 Å². The second kappa shape index (κ2) is 6.19.